The molecule has 2 fully saturated rings. The second kappa shape index (κ2) is 6.53. The first-order chi connectivity index (χ1) is 12.1. The monoisotopic (exact) mass is 359 g/mol. The Balaban J connectivity index is 1.32. The Bertz CT molecular complexity index is 732. The van der Waals surface area contributed by atoms with Crippen LogP contribution in [0.1, 0.15) is 47.4 Å². The van der Waals surface area contributed by atoms with Crippen molar-refractivity contribution in [2.75, 3.05) is 20.1 Å². The number of thiazole rings is 1. The molecule has 4 rings (SSSR count). The normalized spacial score (nSPS) is 21.9. The molecule has 6 nitrogen and oxygen atoms in total. The molecule has 3 heterocycles. The van der Waals surface area contributed by atoms with E-state index in [4.69, 9.17) is 0 Å². The highest BCUT2D eigenvalue weighted by Crippen LogP contribution is 2.56. The fourth-order valence-electron chi connectivity index (χ4n) is 4.11. The molecule has 1 spiro atoms. The highest BCUT2D eigenvalue weighted by Gasteiger charge is 2.56. The fraction of sp³-hybridized carbons (Fsp3) is 0.611. The summed E-state index contributed by atoms with van der Waals surface area (Å²) in [6, 6.07) is 2.51. The lowest BCUT2D eigenvalue weighted by Gasteiger charge is -2.33. The standard InChI is InChI=1S/C18H25N5OS/c1-3-13-10-14(21-20-13)17(24)23-7-4-18(5-8-23)11-15(18)22(2)12-16-19-6-9-25-16/h6,9-10,15H,3-5,7-8,11-12H2,1-2H3,(H,20,21)/t15-/m0/s1. The zero-order valence-corrected chi connectivity index (χ0v) is 15.7. The van der Waals surface area contributed by atoms with Crippen LogP contribution in [0.3, 0.4) is 0 Å². The largest absolute Gasteiger partial charge is 0.337 e. The number of carbonyl (C=O) groups excluding carboxylic acids is 1. The van der Waals surface area contributed by atoms with E-state index < -0.39 is 0 Å². The first-order valence-electron chi connectivity index (χ1n) is 9.03. The second-order valence-electron chi connectivity index (χ2n) is 7.35. The van der Waals surface area contributed by atoms with Crippen LogP contribution in [-0.4, -0.2) is 57.1 Å². The van der Waals surface area contributed by atoms with Crippen molar-refractivity contribution in [3.63, 3.8) is 0 Å². The molecule has 0 unspecified atom stereocenters. The Hall–Kier alpha value is -1.73. The van der Waals surface area contributed by atoms with Gasteiger partial charge in [0.05, 0.1) is 6.54 Å². The predicted octanol–water partition coefficient (Wildman–Crippen LogP) is 2.56. The molecule has 0 bridgehead atoms. The summed E-state index contributed by atoms with van der Waals surface area (Å²) in [5.74, 6) is 0.0686. The lowest BCUT2D eigenvalue weighted by Crippen LogP contribution is -2.41. The molecule has 134 valence electrons. The smallest absolute Gasteiger partial charge is 0.274 e. The van der Waals surface area contributed by atoms with E-state index in [1.807, 2.05) is 22.5 Å². The van der Waals surface area contributed by atoms with Crippen molar-refractivity contribution in [2.45, 2.75) is 45.2 Å². The first kappa shape index (κ1) is 16.7. The fourth-order valence-corrected chi connectivity index (χ4v) is 4.79. The lowest BCUT2D eigenvalue weighted by molar-refractivity contribution is 0.0652. The van der Waals surface area contributed by atoms with E-state index in [1.54, 1.807) is 11.3 Å². The molecular weight excluding hydrogens is 334 g/mol. The quantitative estimate of drug-likeness (QED) is 0.891. The van der Waals surface area contributed by atoms with Gasteiger partial charge in [-0.05, 0) is 44.2 Å². The van der Waals surface area contributed by atoms with Gasteiger partial charge in [-0.2, -0.15) is 5.10 Å². The number of aryl methyl sites for hydroxylation is 1. The molecule has 2 aromatic rings. The minimum atomic E-state index is 0.0686. The summed E-state index contributed by atoms with van der Waals surface area (Å²) in [4.78, 5) is 21.4. The first-order valence-corrected chi connectivity index (χ1v) is 9.91. The summed E-state index contributed by atoms with van der Waals surface area (Å²) in [6.45, 7) is 4.67. The van der Waals surface area contributed by atoms with Gasteiger partial charge in [0.25, 0.3) is 5.91 Å². The predicted molar refractivity (Wildman–Crippen MR) is 97.5 cm³/mol. The molecule has 25 heavy (non-hydrogen) atoms. The number of aromatic amines is 1. The van der Waals surface area contributed by atoms with Crippen molar-refractivity contribution in [2.24, 2.45) is 5.41 Å². The van der Waals surface area contributed by atoms with Gasteiger partial charge in [-0.15, -0.1) is 11.3 Å². The molecule has 1 N–H and O–H groups in total. The highest BCUT2D eigenvalue weighted by molar-refractivity contribution is 7.09. The summed E-state index contributed by atoms with van der Waals surface area (Å²) < 4.78 is 0. The number of carbonyl (C=O) groups is 1. The zero-order chi connectivity index (χ0) is 17.4. The minimum Gasteiger partial charge on any atom is -0.337 e. The van der Waals surface area contributed by atoms with Gasteiger partial charge < -0.3 is 4.90 Å². The van der Waals surface area contributed by atoms with Gasteiger partial charge in [0.15, 0.2) is 0 Å². The maximum atomic E-state index is 12.6. The van der Waals surface area contributed by atoms with Crippen LogP contribution in [0, 0.1) is 5.41 Å². The third-order valence-electron chi connectivity index (χ3n) is 5.82. The van der Waals surface area contributed by atoms with E-state index in [9.17, 15) is 4.79 Å². The Morgan fingerprint density at radius 1 is 1.48 bits per heavy atom. The number of hydrogen-bond donors (Lipinski definition) is 1. The van der Waals surface area contributed by atoms with Crippen LogP contribution in [0.2, 0.25) is 0 Å². The SMILES string of the molecule is CCc1cc(C(=O)N2CCC3(CC2)C[C@@H]3N(C)Cc2nccs2)n[nH]1. The molecule has 7 heteroatoms. The van der Waals surface area contributed by atoms with E-state index in [-0.39, 0.29) is 5.91 Å². The number of amides is 1. The van der Waals surface area contributed by atoms with Crippen LogP contribution < -0.4 is 0 Å². The number of rotatable bonds is 5. The molecule has 1 saturated heterocycles. The van der Waals surface area contributed by atoms with Gasteiger partial charge in [0, 0.05) is 36.4 Å². The lowest BCUT2D eigenvalue weighted by atomic mass is 9.92. The summed E-state index contributed by atoms with van der Waals surface area (Å²) in [5.41, 5.74) is 1.98. The number of nitrogens with one attached hydrogen (secondary N) is 1. The summed E-state index contributed by atoms with van der Waals surface area (Å²) in [5, 5.41) is 10.3. The number of likely N-dealkylation sites (tertiary alicyclic amines) is 1. The minimum absolute atomic E-state index is 0.0686. The Morgan fingerprint density at radius 2 is 2.28 bits per heavy atom. The van der Waals surface area contributed by atoms with Crippen molar-refractivity contribution >= 4 is 17.2 Å². The van der Waals surface area contributed by atoms with E-state index in [0.29, 0.717) is 17.2 Å². The van der Waals surface area contributed by atoms with E-state index in [1.165, 1.54) is 11.4 Å². The third kappa shape index (κ3) is 3.22. The van der Waals surface area contributed by atoms with Gasteiger partial charge in [-0.25, -0.2) is 4.98 Å². The van der Waals surface area contributed by atoms with Gasteiger partial charge in [0.1, 0.15) is 10.7 Å². The van der Waals surface area contributed by atoms with Gasteiger partial charge in [0.2, 0.25) is 0 Å². The van der Waals surface area contributed by atoms with Crippen LogP contribution in [0.25, 0.3) is 0 Å². The molecule has 2 aromatic heterocycles. The maximum absolute atomic E-state index is 12.6. The van der Waals surface area contributed by atoms with Crippen molar-refractivity contribution in [3.05, 3.63) is 34.0 Å². The number of piperidine rings is 1. The number of H-pyrrole nitrogens is 1. The van der Waals surface area contributed by atoms with Crippen molar-refractivity contribution in [3.8, 4) is 0 Å². The van der Waals surface area contributed by atoms with Crippen molar-refractivity contribution < 1.29 is 4.79 Å². The van der Waals surface area contributed by atoms with Crippen LogP contribution >= 0.6 is 11.3 Å². The Kier molecular flexibility index (Phi) is 4.37. The summed E-state index contributed by atoms with van der Waals surface area (Å²) in [6.07, 6.45) is 6.18. The number of hydrogen-bond acceptors (Lipinski definition) is 5. The van der Waals surface area contributed by atoms with Gasteiger partial charge in [-0.3, -0.25) is 14.8 Å². The summed E-state index contributed by atoms with van der Waals surface area (Å²) in [7, 11) is 2.20. The molecule has 0 aromatic carbocycles. The average molecular weight is 359 g/mol. The molecule has 2 aliphatic rings. The highest BCUT2D eigenvalue weighted by atomic mass is 32.1. The summed E-state index contributed by atoms with van der Waals surface area (Å²) >= 11 is 1.72. The molecule has 1 atom stereocenters. The van der Waals surface area contributed by atoms with E-state index in [0.717, 1.165) is 44.6 Å². The van der Waals surface area contributed by atoms with E-state index in [2.05, 4.69) is 34.1 Å². The molecular formula is C18H25N5OS. The van der Waals surface area contributed by atoms with Crippen molar-refractivity contribution in [1.82, 2.24) is 25.0 Å². The third-order valence-corrected chi connectivity index (χ3v) is 6.59. The number of aromatic nitrogens is 3. The maximum Gasteiger partial charge on any atom is 0.274 e. The Morgan fingerprint density at radius 3 is 2.92 bits per heavy atom. The van der Waals surface area contributed by atoms with Gasteiger partial charge in [-0.1, -0.05) is 6.92 Å². The van der Waals surface area contributed by atoms with E-state index >= 15 is 0 Å². The van der Waals surface area contributed by atoms with Crippen LogP contribution in [0.4, 0.5) is 0 Å². The second-order valence-corrected chi connectivity index (χ2v) is 8.33. The molecule has 1 aliphatic carbocycles. The average Bonchev–Trinajstić information content (AvgIpc) is 3.02. The molecule has 1 saturated carbocycles. The topological polar surface area (TPSA) is 65.1 Å². The molecule has 0 radical (unpaired) electrons. The van der Waals surface area contributed by atoms with Crippen LogP contribution in [-0.2, 0) is 13.0 Å². The zero-order valence-electron chi connectivity index (χ0n) is 14.9. The van der Waals surface area contributed by atoms with Crippen LogP contribution in [0.5, 0.6) is 0 Å². The molecule has 1 aliphatic heterocycles. The van der Waals surface area contributed by atoms with Gasteiger partial charge >= 0.3 is 0 Å². The number of nitrogens with zero attached hydrogens (tertiary/aromatic N) is 4. The Labute approximate surface area is 152 Å². The van der Waals surface area contributed by atoms with Crippen LogP contribution in [0.15, 0.2) is 17.6 Å². The molecule has 1 amide bonds. The van der Waals surface area contributed by atoms with Crippen molar-refractivity contribution in [1.29, 1.82) is 0 Å².